The van der Waals surface area contributed by atoms with Gasteiger partial charge in [0.15, 0.2) is 0 Å². The van der Waals surface area contributed by atoms with Crippen molar-refractivity contribution in [3.05, 3.63) is 63.6 Å². The maximum atomic E-state index is 12.2. The molecule has 1 aliphatic heterocycles. The zero-order valence-electron chi connectivity index (χ0n) is 17.3. The predicted molar refractivity (Wildman–Crippen MR) is 117 cm³/mol. The fourth-order valence-electron chi connectivity index (χ4n) is 3.93. The number of nitrogens with zero attached hydrogens (tertiary/aromatic N) is 4. The summed E-state index contributed by atoms with van der Waals surface area (Å²) in [5.74, 6) is 1.69. The molecule has 0 atom stereocenters. The molecule has 4 rings (SSSR count). The second-order valence-electron chi connectivity index (χ2n) is 7.52. The molecule has 0 amide bonds. The molecule has 1 aliphatic rings. The molecule has 154 valence electrons. The van der Waals surface area contributed by atoms with Crippen molar-refractivity contribution in [2.45, 2.75) is 19.9 Å². The lowest BCUT2D eigenvalue weighted by Crippen LogP contribution is -2.46. The lowest BCUT2D eigenvalue weighted by molar-refractivity contribution is 0.249. The molecule has 7 nitrogen and oxygen atoms in total. The maximum absolute atomic E-state index is 12.2. The van der Waals surface area contributed by atoms with Crippen LogP contribution in [0.4, 0.5) is 5.82 Å². The van der Waals surface area contributed by atoms with Crippen molar-refractivity contribution in [1.82, 2.24) is 14.9 Å². The maximum Gasteiger partial charge on any atom is 0.251 e. The number of rotatable bonds is 5. The Labute approximate surface area is 175 Å². The van der Waals surface area contributed by atoms with Crippen molar-refractivity contribution < 1.29 is 4.74 Å². The third-order valence-corrected chi connectivity index (χ3v) is 5.64. The van der Waals surface area contributed by atoms with Gasteiger partial charge in [-0.05, 0) is 42.3 Å². The Morgan fingerprint density at radius 2 is 2.00 bits per heavy atom. The summed E-state index contributed by atoms with van der Waals surface area (Å²) >= 11 is 0. The summed E-state index contributed by atoms with van der Waals surface area (Å²) in [5.41, 5.74) is 3.23. The van der Waals surface area contributed by atoms with Gasteiger partial charge in [0.05, 0.1) is 18.2 Å². The van der Waals surface area contributed by atoms with Crippen molar-refractivity contribution in [3.63, 3.8) is 0 Å². The second kappa shape index (κ2) is 8.56. The van der Waals surface area contributed by atoms with Gasteiger partial charge < -0.3 is 14.6 Å². The number of anilines is 1. The fourth-order valence-corrected chi connectivity index (χ4v) is 3.93. The van der Waals surface area contributed by atoms with Gasteiger partial charge in [0.1, 0.15) is 17.6 Å². The monoisotopic (exact) mass is 403 g/mol. The molecule has 1 N–H and O–H groups in total. The Balaban J connectivity index is 1.48. The van der Waals surface area contributed by atoms with E-state index in [-0.39, 0.29) is 5.56 Å². The number of H-pyrrole nitrogens is 1. The number of hydrogen-bond acceptors (Lipinski definition) is 6. The third kappa shape index (κ3) is 4.00. The van der Waals surface area contributed by atoms with E-state index in [9.17, 15) is 4.79 Å². The van der Waals surface area contributed by atoms with Crippen LogP contribution < -0.4 is 15.2 Å². The Morgan fingerprint density at radius 3 is 2.63 bits per heavy atom. The lowest BCUT2D eigenvalue weighted by Gasteiger charge is -2.35. The van der Waals surface area contributed by atoms with Crippen molar-refractivity contribution in [2.24, 2.45) is 0 Å². The fraction of sp³-hybridized carbons (Fsp3) is 0.348. The molecule has 2 aromatic heterocycles. The first kappa shape index (κ1) is 19.9. The van der Waals surface area contributed by atoms with Gasteiger partial charge in [0.25, 0.3) is 5.56 Å². The van der Waals surface area contributed by atoms with Crippen LogP contribution in [-0.4, -0.2) is 48.2 Å². The second-order valence-corrected chi connectivity index (χ2v) is 7.52. The van der Waals surface area contributed by atoms with Crippen molar-refractivity contribution in [1.29, 1.82) is 5.26 Å². The molecule has 3 heterocycles. The van der Waals surface area contributed by atoms with E-state index >= 15 is 0 Å². The smallest absolute Gasteiger partial charge is 0.251 e. The number of nitrogens with one attached hydrogen (secondary N) is 1. The first-order valence-electron chi connectivity index (χ1n) is 10.2. The number of fused-ring (bicyclic) bond motifs is 1. The van der Waals surface area contributed by atoms with E-state index in [1.165, 1.54) is 0 Å². The summed E-state index contributed by atoms with van der Waals surface area (Å²) in [7, 11) is 1.67. The van der Waals surface area contributed by atoms with Crippen LogP contribution in [0.1, 0.15) is 23.6 Å². The zero-order chi connectivity index (χ0) is 21.1. The molecule has 0 spiro atoms. The largest absolute Gasteiger partial charge is 0.496 e. The van der Waals surface area contributed by atoms with Crippen molar-refractivity contribution in [2.75, 3.05) is 38.2 Å². The van der Waals surface area contributed by atoms with Crippen LogP contribution in [0.2, 0.25) is 0 Å². The van der Waals surface area contributed by atoms with Gasteiger partial charge in [-0.2, -0.15) is 5.26 Å². The Kier molecular flexibility index (Phi) is 5.68. The summed E-state index contributed by atoms with van der Waals surface area (Å²) in [6, 6.07) is 11.9. The van der Waals surface area contributed by atoms with Crippen LogP contribution in [0.5, 0.6) is 5.75 Å². The van der Waals surface area contributed by atoms with E-state index in [4.69, 9.17) is 10.00 Å². The molecule has 0 bridgehead atoms. The molecule has 0 radical (unpaired) electrons. The highest BCUT2D eigenvalue weighted by Gasteiger charge is 2.19. The third-order valence-electron chi connectivity index (χ3n) is 5.64. The van der Waals surface area contributed by atoms with Gasteiger partial charge in [-0.1, -0.05) is 6.92 Å². The number of methoxy groups -OCH3 is 1. The van der Waals surface area contributed by atoms with E-state index < -0.39 is 0 Å². The normalized spacial score (nSPS) is 14.6. The van der Waals surface area contributed by atoms with E-state index in [0.717, 1.165) is 66.3 Å². The number of hydrogen-bond donors (Lipinski definition) is 1. The molecule has 0 aliphatic carbocycles. The van der Waals surface area contributed by atoms with E-state index in [1.807, 2.05) is 25.1 Å². The van der Waals surface area contributed by atoms with Crippen LogP contribution >= 0.6 is 0 Å². The molecule has 3 aromatic rings. The Hall–Kier alpha value is -3.37. The molecular formula is C23H25N5O2. The molecule has 1 aromatic carbocycles. The number of aromatic nitrogens is 2. The van der Waals surface area contributed by atoms with Crippen molar-refractivity contribution >= 4 is 16.7 Å². The average molecular weight is 403 g/mol. The average Bonchev–Trinajstić information content (AvgIpc) is 2.78. The Morgan fingerprint density at radius 1 is 1.20 bits per heavy atom. The molecule has 30 heavy (non-hydrogen) atoms. The summed E-state index contributed by atoms with van der Waals surface area (Å²) in [4.78, 5) is 24.3. The van der Waals surface area contributed by atoms with Crippen LogP contribution in [0.3, 0.4) is 0 Å². The molecular weight excluding hydrogens is 378 g/mol. The minimum atomic E-state index is -0.0345. The number of aryl methyl sites for hydroxylation is 1. The van der Waals surface area contributed by atoms with Crippen LogP contribution in [0.25, 0.3) is 10.9 Å². The minimum absolute atomic E-state index is 0.0345. The van der Waals surface area contributed by atoms with Crippen LogP contribution in [0, 0.1) is 11.3 Å². The molecule has 0 saturated carbocycles. The molecule has 1 saturated heterocycles. The molecule has 0 unspecified atom stereocenters. The highest BCUT2D eigenvalue weighted by atomic mass is 16.5. The first-order valence-corrected chi connectivity index (χ1v) is 10.2. The molecule has 1 fully saturated rings. The van der Waals surface area contributed by atoms with Gasteiger partial charge in [0.2, 0.25) is 0 Å². The van der Waals surface area contributed by atoms with Gasteiger partial charge in [-0.3, -0.25) is 9.69 Å². The van der Waals surface area contributed by atoms with E-state index in [0.29, 0.717) is 12.0 Å². The topological polar surface area (TPSA) is 85.2 Å². The highest BCUT2D eigenvalue weighted by molar-refractivity contribution is 5.86. The van der Waals surface area contributed by atoms with Gasteiger partial charge in [-0.15, -0.1) is 0 Å². The first-order chi connectivity index (χ1) is 14.6. The minimum Gasteiger partial charge on any atom is -0.496 e. The SMILES string of the molecule is CCc1cc2c(OC)cc(CN3CCN(c4ccc(C#N)cn4)CC3)cc2[nH]c1=O. The number of benzene rings is 1. The summed E-state index contributed by atoms with van der Waals surface area (Å²) in [6.45, 7) is 6.34. The van der Waals surface area contributed by atoms with Gasteiger partial charge in [0, 0.05) is 49.9 Å². The number of aromatic amines is 1. The standard InChI is InChI=1S/C23H25N5O2/c1-3-18-12-19-20(26-23(18)29)10-17(11-21(19)30-2)15-27-6-8-28(9-7-27)22-5-4-16(13-24)14-25-22/h4-5,10-12,14H,3,6-9,15H2,1-2H3,(H,26,29). The van der Waals surface area contributed by atoms with E-state index in [2.05, 4.69) is 31.9 Å². The number of ether oxygens (including phenoxy) is 1. The number of pyridine rings is 2. The predicted octanol–water partition coefficient (Wildman–Crippen LogP) is 2.69. The quantitative estimate of drug-likeness (QED) is 0.705. The summed E-state index contributed by atoms with van der Waals surface area (Å²) in [5, 5.41) is 9.86. The lowest BCUT2D eigenvalue weighted by atomic mass is 10.1. The highest BCUT2D eigenvalue weighted by Crippen LogP contribution is 2.27. The Bertz CT molecular complexity index is 1140. The van der Waals surface area contributed by atoms with Gasteiger partial charge in [-0.25, -0.2) is 4.98 Å². The summed E-state index contributed by atoms with van der Waals surface area (Å²) < 4.78 is 5.61. The number of piperazine rings is 1. The van der Waals surface area contributed by atoms with Gasteiger partial charge >= 0.3 is 0 Å². The van der Waals surface area contributed by atoms with E-state index in [1.54, 1.807) is 19.4 Å². The van der Waals surface area contributed by atoms with Crippen LogP contribution in [-0.2, 0) is 13.0 Å². The van der Waals surface area contributed by atoms with Crippen molar-refractivity contribution in [3.8, 4) is 11.8 Å². The number of nitriles is 1. The summed E-state index contributed by atoms with van der Waals surface area (Å²) in [6.07, 6.45) is 2.31. The molecule has 7 heteroatoms. The van der Waals surface area contributed by atoms with Crippen LogP contribution in [0.15, 0.2) is 41.3 Å². The zero-order valence-corrected chi connectivity index (χ0v) is 17.3.